The van der Waals surface area contributed by atoms with E-state index in [9.17, 15) is 10.1 Å². The van der Waals surface area contributed by atoms with E-state index in [0.717, 1.165) is 13.1 Å². The average molecular weight is 273 g/mol. The van der Waals surface area contributed by atoms with Crippen LogP contribution >= 0.6 is 15.9 Å². The van der Waals surface area contributed by atoms with Gasteiger partial charge in [-0.3, -0.25) is 10.1 Å². The summed E-state index contributed by atoms with van der Waals surface area (Å²) in [5.74, 6) is 0.524. The van der Waals surface area contributed by atoms with Crippen LogP contribution in [0, 0.1) is 10.1 Å². The molecule has 1 fully saturated rings. The van der Waals surface area contributed by atoms with E-state index in [1.807, 2.05) is 0 Å². The molecule has 6 heteroatoms. The van der Waals surface area contributed by atoms with Gasteiger partial charge in [0.25, 0.3) is 5.69 Å². The summed E-state index contributed by atoms with van der Waals surface area (Å²) in [6.07, 6.45) is 0.114. The number of nitro groups is 1. The minimum atomic E-state index is -0.435. The molecule has 1 saturated heterocycles. The van der Waals surface area contributed by atoms with Crippen molar-refractivity contribution < 1.29 is 9.66 Å². The molecule has 0 bridgehead atoms. The maximum Gasteiger partial charge on any atom is 0.287 e. The minimum Gasteiger partial charge on any atom is -0.486 e. The van der Waals surface area contributed by atoms with Gasteiger partial charge in [-0.05, 0) is 22.0 Å². The molecule has 5 nitrogen and oxygen atoms in total. The van der Waals surface area contributed by atoms with Crippen LogP contribution in [0.4, 0.5) is 5.69 Å². The lowest BCUT2D eigenvalue weighted by molar-refractivity contribution is -0.385. The minimum absolute atomic E-state index is 0.0276. The molecule has 1 aliphatic heterocycles. The molecule has 0 atom stereocenters. The molecule has 0 saturated carbocycles. The van der Waals surface area contributed by atoms with Gasteiger partial charge in [-0.15, -0.1) is 0 Å². The number of ether oxygens (including phenoxy) is 1. The number of rotatable bonds is 3. The van der Waals surface area contributed by atoms with Crippen LogP contribution in [0.2, 0.25) is 0 Å². The topological polar surface area (TPSA) is 64.4 Å². The van der Waals surface area contributed by atoms with E-state index < -0.39 is 4.92 Å². The van der Waals surface area contributed by atoms with Gasteiger partial charge in [0.15, 0.2) is 0 Å². The summed E-state index contributed by atoms with van der Waals surface area (Å²) in [6.45, 7) is 1.57. The summed E-state index contributed by atoms with van der Waals surface area (Å²) in [4.78, 5) is 10.2. The average Bonchev–Trinajstić information content (AvgIpc) is 2.13. The lowest BCUT2D eigenvalue weighted by Crippen LogP contribution is -2.50. The summed E-state index contributed by atoms with van der Waals surface area (Å²) < 4.78 is 5.96. The summed E-state index contributed by atoms with van der Waals surface area (Å²) in [5, 5.41) is 13.7. The van der Waals surface area contributed by atoms with Crippen molar-refractivity contribution in [2.75, 3.05) is 13.1 Å². The molecule has 0 aromatic heterocycles. The maximum absolute atomic E-state index is 10.7. The molecule has 0 radical (unpaired) electrons. The fraction of sp³-hybridized carbons (Fsp3) is 0.333. The first-order valence-electron chi connectivity index (χ1n) is 4.49. The Hall–Kier alpha value is -1.14. The summed E-state index contributed by atoms with van der Waals surface area (Å²) in [7, 11) is 0. The molecule has 80 valence electrons. The lowest BCUT2D eigenvalue weighted by Gasteiger charge is -2.28. The molecule has 1 N–H and O–H groups in total. The predicted octanol–water partition coefficient (Wildman–Crippen LogP) is 1.71. The van der Waals surface area contributed by atoms with Crippen LogP contribution in [0.15, 0.2) is 22.7 Å². The monoisotopic (exact) mass is 272 g/mol. The summed E-state index contributed by atoms with van der Waals surface area (Å²) in [5.41, 5.74) is 0.0276. The van der Waals surface area contributed by atoms with Crippen molar-refractivity contribution in [2.24, 2.45) is 0 Å². The second kappa shape index (κ2) is 4.16. The fourth-order valence-electron chi connectivity index (χ4n) is 1.26. The van der Waals surface area contributed by atoms with Gasteiger partial charge in [-0.2, -0.15) is 0 Å². The summed E-state index contributed by atoms with van der Waals surface area (Å²) in [6, 6.07) is 4.77. The fourth-order valence-corrected chi connectivity index (χ4v) is 1.76. The SMILES string of the molecule is O=[N+]([O-])c1cccc(OC2CNC2)c1Br. The number of nitrogens with zero attached hydrogens (tertiary/aromatic N) is 1. The van der Waals surface area contributed by atoms with Crippen LogP contribution < -0.4 is 10.1 Å². The van der Waals surface area contributed by atoms with Crippen molar-refractivity contribution >= 4 is 21.6 Å². The quantitative estimate of drug-likeness (QED) is 0.672. The van der Waals surface area contributed by atoms with Crippen molar-refractivity contribution in [1.82, 2.24) is 5.32 Å². The molecular formula is C9H9BrN2O3. The van der Waals surface area contributed by atoms with E-state index in [1.54, 1.807) is 12.1 Å². The van der Waals surface area contributed by atoms with Gasteiger partial charge in [0.1, 0.15) is 16.3 Å². The first kappa shape index (κ1) is 10.4. The standard InChI is InChI=1S/C9H9BrN2O3/c10-9-7(12(13)14)2-1-3-8(9)15-6-4-11-5-6/h1-3,6,11H,4-5H2. The molecule has 0 spiro atoms. The van der Waals surface area contributed by atoms with Crippen molar-refractivity contribution in [1.29, 1.82) is 0 Å². The van der Waals surface area contributed by atoms with Gasteiger partial charge >= 0.3 is 0 Å². The third-order valence-corrected chi connectivity index (χ3v) is 2.97. The van der Waals surface area contributed by atoms with Gasteiger partial charge in [-0.1, -0.05) is 6.07 Å². The van der Waals surface area contributed by atoms with Crippen molar-refractivity contribution in [3.05, 3.63) is 32.8 Å². The molecular weight excluding hydrogens is 264 g/mol. The number of halogens is 1. The van der Waals surface area contributed by atoms with Crippen LogP contribution in [0.3, 0.4) is 0 Å². The third kappa shape index (κ3) is 2.10. The van der Waals surface area contributed by atoms with Gasteiger partial charge in [0.2, 0.25) is 0 Å². The van der Waals surface area contributed by atoms with E-state index in [4.69, 9.17) is 4.74 Å². The largest absolute Gasteiger partial charge is 0.486 e. The van der Waals surface area contributed by atoms with Crippen molar-refractivity contribution in [2.45, 2.75) is 6.10 Å². The van der Waals surface area contributed by atoms with E-state index in [0.29, 0.717) is 10.2 Å². The highest BCUT2D eigenvalue weighted by Gasteiger charge is 2.22. The third-order valence-electron chi connectivity index (χ3n) is 2.18. The highest BCUT2D eigenvalue weighted by molar-refractivity contribution is 9.10. The Labute approximate surface area is 94.7 Å². The molecule has 0 amide bonds. The van der Waals surface area contributed by atoms with Crippen LogP contribution in [-0.4, -0.2) is 24.1 Å². The zero-order valence-corrected chi connectivity index (χ0v) is 9.36. The molecule has 1 aliphatic rings. The Balaban J connectivity index is 2.22. The second-order valence-corrected chi connectivity index (χ2v) is 4.04. The van der Waals surface area contributed by atoms with Crippen LogP contribution in [0.25, 0.3) is 0 Å². The first-order chi connectivity index (χ1) is 7.18. The lowest BCUT2D eigenvalue weighted by atomic mass is 10.2. The van der Waals surface area contributed by atoms with Crippen LogP contribution in [-0.2, 0) is 0 Å². The van der Waals surface area contributed by atoms with E-state index in [-0.39, 0.29) is 11.8 Å². The number of nitro benzene ring substituents is 1. The van der Waals surface area contributed by atoms with Crippen molar-refractivity contribution in [3.8, 4) is 5.75 Å². The molecule has 1 aromatic carbocycles. The number of nitrogens with one attached hydrogen (secondary N) is 1. The van der Waals surface area contributed by atoms with Gasteiger partial charge in [0, 0.05) is 19.2 Å². The molecule has 0 unspecified atom stereocenters. The molecule has 2 rings (SSSR count). The number of hydrogen-bond acceptors (Lipinski definition) is 4. The normalized spacial score (nSPS) is 15.8. The summed E-state index contributed by atoms with van der Waals surface area (Å²) >= 11 is 3.18. The van der Waals surface area contributed by atoms with Gasteiger partial charge in [-0.25, -0.2) is 0 Å². The van der Waals surface area contributed by atoms with Crippen LogP contribution in [0.5, 0.6) is 5.75 Å². The zero-order chi connectivity index (χ0) is 10.8. The Kier molecular flexibility index (Phi) is 2.88. The van der Waals surface area contributed by atoms with E-state index in [1.165, 1.54) is 6.07 Å². The maximum atomic E-state index is 10.7. The molecule has 1 aromatic rings. The number of benzene rings is 1. The highest BCUT2D eigenvalue weighted by atomic mass is 79.9. The molecule has 1 heterocycles. The van der Waals surface area contributed by atoms with Gasteiger partial charge in [0.05, 0.1) is 4.92 Å². The smallest absolute Gasteiger partial charge is 0.287 e. The Morgan fingerprint density at radius 3 is 2.80 bits per heavy atom. The molecule has 15 heavy (non-hydrogen) atoms. The van der Waals surface area contributed by atoms with E-state index >= 15 is 0 Å². The molecule has 0 aliphatic carbocycles. The predicted molar refractivity (Wildman–Crippen MR) is 58.1 cm³/mol. The first-order valence-corrected chi connectivity index (χ1v) is 5.28. The van der Waals surface area contributed by atoms with E-state index in [2.05, 4.69) is 21.2 Å². The zero-order valence-electron chi connectivity index (χ0n) is 7.77. The van der Waals surface area contributed by atoms with Gasteiger partial charge < -0.3 is 10.1 Å². The van der Waals surface area contributed by atoms with Crippen molar-refractivity contribution in [3.63, 3.8) is 0 Å². The Morgan fingerprint density at radius 1 is 1.53 bits per heavy atom. The highest BCUT2D eigenvalue weighted by Crippen LogP contribution is 2.34. The second-order valence-electron chi connectivity index (χ2n) is 3.24. The Bertz CT molecular complexity index is 393. The number of hydrogen-bond donors (Lipinski definition) is 1. The Morgan fingerprint density at radius 2 is 2.27 bits per heavy atom. The van der Waals surface area contributed by atoms with Crippen LogP contribution in [0.1, 0.15) is 0 Å².